The topological polar surface area (TPSA) is 36.3 Å². The van der Waals surface area contributed by atoms with Gasteiger partial charge < -0.3 is 14.0 Å². The maximum absolute atomic E-state index is 5.97. The number of para-hydroxylation sites is 2. The molecule has 0 aliphatic carbocycles. The normalized spacial score (nSPS) is 15.3. The van der Waals surface area contributed by atoms with Gasteiger partial charge in [0, 0.05) is 29.5 Å². The minimum Gasteiger partial charge on any atom is -0.493 e. The van der Waals surface area contributed by atoms with E-state index in [1.165, 1.54) is 22.2 Å². The second kappa shape index (κ2) is 4.75. The van der Waals surface area contributed by atoms with E-state index in [0.29, 0.717) is 0 Å². The molecule has 4 heteroatoms. The van der Waals surface area contributed by atoms with E-state index in [0.717, 1.165) is 55.4 Å². The lowest BCUT2D eigenvalue weighted by atomic mass is 9.99. The molecule has 5 rings (SSSR count). The molecule has 116 valence electrons. The van der Waals surface area contributed by atoms with Gasteiger partial charge in [0.05, 0.1) is 30.8 Å². The number of hydrogen-bond donors (Lipinski definition) is 0. The lowest BCUT2D eigenvalue weighted by Crippen LogP contribution is -2.06. The molecular formula is C19H18N2O2. The molecule has 0 spiro atoms. The number of hydrogen-bond acceptors (Lipinski definition) is 3. The molecule has 3 aromatic rings. The summed E-state index contributed by atoms with van der Waals surface area (Å²) in [6.45, 7) is 4.41. The Labute approximate surface area is 134 Å². The van der Waals surface area contributed by atoms with Crippen LogP contribution in [0.25, 0.3) is 11.0 Å². The van der Waals surface area contributed by atoms with Crippen LogP contribution in [0, 0.1) is 6.92 Å². The molecule has 2 aromatic carbocycles. The van der Waals surface area contributed by atoms with E-state index >= 15 is 0 Å². The minimum atomic E-state index is 0.773. The van der Waals surface area contributed by atoms with Gasteiger partial charge in [-0.3, -0.25) is 0 Å². The van der Waals surface area contributed by atoms with Crippen molar-refractivity contribution in [2.75, 3.05) is 13.2 Å². The zero-order valence-corrected chi connectivity index (χ0v) is 13.1. The van der Waals surface area contributed by atoms with E-state index in [1.54, 1.807) is 0 Å². The van der Waals surface area contributed by atoms with Gasteiger partial charge in [-0.2, -0.15) is 0 Å². The van der Waals surface area contributed by atoms with Crippen LogP contribution >= 0.6 is 0 Å². The van der Waals surface area contributed by atoms with Gasteiger partial charge in [0.25, 0.3) is 0 Å². The molecule has 3 heterocycles. The lowest BCUT2D eigenvalue weighted by molar-refractivity contribution is 0.352. The maximum atomic E-state index is 5.97. The van der Waals surface area contributed by atoms with Gasteiger partial charge in [-0.25, -0.2) is 4.98 Å². The van der Waals surface area contributed by atoms with Gasteiger partial charge >= 0.3 is 0 Å². The summed E-state index contributed by atoms with van der Waals surface area (Å²) in [5.74, 6) is 3.16. The zero-order chi connectivity index (χ0) is 15.4. The first-order valence-electron chi connectivity index (χ1n) is 8.16. The Hall–Kier alpha value is -2.49. The number of ether oxygens (including phenoxy) is 2. The van der Waals surface area contributed by atoms with Crippen LogP contribution in [-0.2, 0) is 19.4 Å². The molecule has 2 aliphatic rings. The Kier molecular flexibility index (Phi) is 2.68. The number of fused-ring (bicyclic) bond motifs is 3. The highest BCUT2D eigenvalue weighted by Gasteiger charge is 2.27. The van der Waals surface area contributed by atoms with Crippen LogP contribution in [0.3, 0.4) is 0 Å². The van der Waals surface area contributed by atoms with E-state index in [9.17, 15) is 0 Å². The summed E-state index contributed by atoms with van der Waals surface area (Å²) in [5, 5.41) is 0. The van der Waals surface area contributed by atoms with Gasteiger partial charge in [0.15, 0.2) is 0 Å². The summed E-state index contributed by atoms with van der Waals surface area (Å²) < 4.78 is 14.1. The first-order chi connectivity index (χ1) is 11.3. The first-order valence-corrected chi connectivity index (χ1v) is 8.16. The van der Waals surface area contributed by atoms with Crippen molar-refractivity contribution in [1.29, 1.82) is 0 Å². The fraction of sp³-hybridized carbons (Fsp3) is 0.316. The highest BCUT2D eigenvalue weighted by molar-refractivity contribution is 5.76. The average molecular weight is 306 g/mol. The summed E-state index contributed by atoms with van der Waals surface area (Å²) >= 11 is 0. The zero-order valence-electron chi connectivity index (χ0n) is 13.1. The Morgan fingerprint density at radius 3 is 2.96 bits per heavy atom. The first kappa shape index (κ1) is 13.0. The van der Waals surface area contributed by atoms with E-state index in [-0.39, 0.29) is 0 Å². The van der Waals surface area contributed by atoms with E-state index < -0.39 is 0 Å². The van der Waals surface area contributed by atoms with Crippen molar-refractivity contribution in [3.63, 3.8) is 0 Å². The molecule has 0 amide bonds. The van der Waals surface area contributed by atoms with Crippen LogP contribution in [0.2, 0.25) is 0 Å². The van der Waals surface area contributed by atoms with E-state index in [2.05, 4.69) is 40.7 Å². The monoisotopic (exact) mass is 306 g/mol. The Morgan fingerprint density at radius 1 is 1.13 bits per heavy atom. The van der Waals surface area contributed by atoms with Crippen LogP contribution in [-0.4, -0.2) is 22.8 Å². The summed E-state index contributed by atoms with van der Waals surface area (Å²) in [6, 6.07) is 10.5. The summed E-state index contributed by atoms with van der Waals surface area (Å²) in [4.78, 5) is 4.69. The standard InChI is InChI=1S/C19H18N2O2/c1-12-20-16-4-2-3-5-17(16)21(12)11-15-14-7-9-22-18(14)10-13-6-8-23-19(13)15/h2-5,10H,6-9,11H2,1H3. The van der Waals surface area contributed by atoms with Gasteiger partial charge in [-0.05, 0) is 25.1 Å². The number of aromatic nitrogens is 2. The smallest absolute Gasteiger partial charge is 0.128 e. The molecule has 0 saturated heterocycles. The van der Waals surface area contributed by atoms with Crippen molar-refractivity contribution >= 4 is 11.0 Å². The molecule has 0 radical (unpaired) electrons. The van der Waals surface area contributed by atoms with Crippen molar-refractivity contribution in [3.8, 4) is 11.5 Å². The molecule has 2 aliphatic heterocycles. The fourth-order valence-electron chi connectivity index (χ4n) is 3.81. The molecule has 0 atom stereocenters. The van der Waals surface area contributed by atoms with Gasteiger partial charge in [0.1, 0.15) is 17.3 Å². The SMILES string of the molecule is Cc1nc2ccccc2n1Cc1c2c(cc3c1OCC3)OCC2. The average Bonchev–Trinajstić information content (AvgIpc) is 3.26. The number of rotatable bonds is 2. The third-order valence-corrected chi connectivity index (χ3v) is 4.92. The van der Waals surface area contributed by atoms with Gasteiger partial charge in [0.2, 0.25) is 0 Å². The van der Waals surface area contributed by atoms with Crippen LogP contribution < -0.4 is 9.47 Å². The summed E-state index contributed by atoms with van der Waals surface area (Å²) in [5.41, 5.74) is 6.09. The van der Waals surface area contributed by atoms with E-state index in [1.807, 2.05) is 6.07 Å². The van der Waals surface area contributed by atoms with Crippen LogP contribution in [0.5, 0.6) is 11.5 Å². The summed E-state index contributed by atoms with van der Waals surface area (Å²) in [6.07, 6.45) is 1.94. The largest absolute Gasteiger partial charge is 0.493 e. The quantitative estimate of drug-likeness (QED) is 0.729. The van der Waals surface area contributed by atoms with Crippen LogP contribution in [0.15, 0.2) is 30.3 Å². The predicted octanol–water partition coefficient (Wildman–Crippen LogP) is 3.26. The van der Waals surface area contributed by atoms with Gasteiger partial charge in [-0.1, -0.05) is 12.1 Å². The molecule has 0 unspecified atom stereocenters. The number of aryl methyl sites for hydroxylation is 1. The highest BCUT2D eigenvalue weighted by atomic mass is 16.5. The molecule has 23 heavy (non-hydrogen) atoms. The lowest BCUT2D eigenvalue weighted by Gasteiger charge is -2.15. The molecule has 0 bridgehead atoms. The van der Waals surface area contributed by atoms with Crippen LogP contribution in [0.1, 0.15) is 22.5 Å². The van der Waals surface area contributed by atoms with Crippen molar-refractivity contribution < 1.29 is 9.47 Å². The molecule has 4 nitrogen and oxygen atoms in total. The van der Waals surface area contributed by atoms with Crippen LogP contribution in [0.4, 0.5) is 0 Å². The minimum absolute atomic E-state index is 0.773. The molecule has 0 saturated carbocycles. The number of benzene rings is 2. The Balaban J connectivity index is 1.70. The number of imidazole rings is 1. The third-order valence-electron chi connectivity index (χ3n) is 4.92. The Bertz CT molecular complexity index is 895. The highest BCUT2D eigenvalue weighted by Crippen LogP contribution is 2.41. The molecule has 0 fully saturated rings. The van der Waals surface area contributed by atoms with Crippen molar-refractivity contribution in [3.05, 3.63) is 52.8 Å². The van der Waals surface area contributed by atoms with Gasteiger partial charge in [-0.15, -0.1) is 0 Å². The molecule has 1 aromatic heterocycles. The summed E-state index contributed by atoms with van der Waals surface area (Å²) in [7, 11) is 0. The maximum Gasteiger partial charge on any atom is 0.128 e. The fourth-order valence-corrected chi connectivity index (χ4v) is 3.81. The van der Waals surface area contributed by atoms with Crippen molar-refractivity contribution in [2.24, 2.45) is 0 Å². The molecular weight excluding hydrogens is 288 g/mol. The second-order valence-corrected chi connectivity index (χ2v) is 6.25. The van der Waals surface area contributed by atoms with E-state index in [4.69, 9.17) is 9.47 Å². The third kappa shape index (κ3) is 1.87. The second-order valence-electron chi connectivity index (χ2n) is 6.25. The number of nitrogens with zero attached hydrogens (tertiary/aromatic N) is 2. The van der Waals surface area contributed by atoms with Crippen molar-refractivity contribution in [2.45, 2.75) is 26.3 Å². The Morgan fingerprint density at radius 2 is 2.00 bits per heavy atom. The molecule has 0 N–H and O–H groups in total. The van der Waals surface area contributed by atoms with Crippen molar-refractivity contribution in [1.82, 2.24) is 9.55 Å². The predicted molar refractivity (Wildman–Crippen MR) is 88.4 cm³/mol.